The molecule has 5 nitrogen and oxygen atoms in total. The van der Waals surface area contributed by atoms with Crippen molar-refractivity contribution >= 4 is 29.3 Å². The number of esters is 1. The zero-order chi connectivity index (χ0) is 18.9. The molecule has 0 aliphatic heterocycles. The molecule has 1 aromatic carbocycles. The maximum Gasteiger partial charge on any atom is 0.309 e. The smallest absolute Gasteiger partial charge is 0.309 e. The topological polar surface area (TPSA) is 63.7 Å². The van der Waals surface area contributed by atoms with Gasteiger partial charge in [0.1, 0.15) is 5.54 Å². The lowest BCUT2D eigenvalue weighted by atomic mass is 9.74. The first-order valence-corrected chi connectivity index (χ1v) is 9.47. The quantitative estimate of drug-likeness (QED) is 0.738. The van der Waals surface area contributed by atoms with Gasteiger partial charge in [-0.2, -0.15) is 0 Å². The molecule has 1 aromatic rings. The molecule has 0 radical (unpaired) electrons. The predicted molar refractivity (Wildman–Crippen MR) is 97.6 cm³/mol. The third-order valence-corrected chi connectivity index (χ3v) is 6.00. The highest BCUT2D eigenvalue weighted by molar-refractivity contribution is 6.31. The molecule has 2 fully saturated rings. The maximum absolute atomic E-state index is 13.0. The Labute approximate surface area is 158 Å². The fourth-order valence-corrected chi connectivity index (χ4v) is 4.12. The van der Waals surface area contributed by atoms with Gasteiger partial charge in [-0.05, 0) is 37.7 Å². The molecule has 0 spiro atoms. The van der Waals surface area contributed by atoms with Crippen molar-refractivity contribution in [1.29, 1.82) is 0 Å². The highest BCUT2D eigenvalue weighted by atomic mass is 35.5. The molecule has 0 unspecified atom stereocenters. The highest BCUT2D eigenvalue weighted by Crippen LogP contribution is 2.42. The number of amides is 1. The first-order chi connectivity index (χ1) is 12.4. The van der Waals surface area contributed by atoms with E-state index in [9.17, 15) is 14.4 Å². The average Bonchev–Trinajstić information content (AvgIpc) is 3.37. The second-order valence-electron chi connectivity index (χ2n) is 7.35. The number of ether oxygens (including phenoxy) is 1. The summed E-state index contributed by atoms with van der Waals surface area (Å²) >= 11 is 6.38. The molecule has 1 amide bonds. The molecule has 0 N–H and O–H groups in total. The number of rotatable bonds is 5. The fraction of sp³-hybridized carbons (Fsp3) is 0.550. The Morgan fingerprint density at radius 3 is 2.62 bits per heavy atom. The molecule has 2 aliphatic carbocycles. The van der Waals surface area contributed by atoms with Crippen LogP contribution in [-0.2, 0) is 24.7 Å². The summed E-state index contributed by atoms with van der Waals surface area (Å²) in [7, 11) is 1.60. The second-order valence-corrected chi connectivity index (χ2v) is 7.76. The molecular weight excluding hydrogens is 354 g/mol. The van der Waals surface area contributed by atoms with Gasteiger partial charge >= 0.3 is 5.97 Å². The van der Waals surface area contributed by atoms with Crippen LogP contribution in [0.2, 0.25) is 5.02 Å². The fourth-order valence-electron chi connectivity index (χ4n) is 3.83. The molecule has 140 valence electrons. The number of carbonyl (C=O) groups excluding carboxylic acids is 3. The number of carbonyl (C=O) groups is 3. The van der Waals surface area contributed by atoms with Gasteiger partial charge in [-0.15, -0.1) is 0 Å². The lowest BCUT2D eigenvalue weighted by molar-refractivity contribution is -0.158. The van der Waals surface area contributed by atoms with Gasteiger partial charge in [0, 0.05) is 24.1 Å². The van der Waals surface area contributed by atoms with Crippen LogP contribution in [0.3, 0.4) is 0 Å². The Bertz CT molecular complexity index is 734. The van der Waals surface area contributed by atoms with Gasteiger partial charge in [0.05, 0.1) is 5.92 Å². The normalized spacial score (nSPS) is 27.7. The van der Waals surface area contributed by atoms with E-state index < -0.39 is 5.54 Å². The van der Waals surface area contributed by atoms with Gasteiger partial charge in [0.2, 0.25) is 0 Å². The Hall–Kier alpha value is -1.88. The van der Waals surface area contributed by atoms with Crippen molar-refractivity contribution in [3.05, 3.63) is 34.9 Å². The second kappa shape index (κ2) is 7.39. The Morgan fingerprint density at radius 1 is 1.31 bits per heavy atom. The molecule has 2 saturated carbocycles. The van der Waals surface area contributed by atoms with Gasteiger partial charge in [-0.25, -0.2) is 0 Å². The molecule has 0 bridgehead atoms. The summed E-state index contributed by atoms with van der Waals surface area (Å²) in [5.74, 6) is -0.510. The first-order valence-electron chi connectivity index (χ1n) is 9.09. The molecule has 26 heavy (non-hydrogen) atoms. The zero-order valence-corrected chi connectivity index (χ0v) is 15.9. The van der Waals surface area contributed by atoms with E-state index in [0.29, 0.717) is 29.3 Å². The summed E-state index contributed by atoms with van der Waals surface area (Å²) < 4.78 is 5.18. The number of hydrogen-bond acceptors (Lipinski definition) is 4. The predicted octanol–water partition coefficient (Wildman–Crippen LogP) is 3.34. The molecule has 6 heteroatoms. The monoisotopic (exact) mass is 377 g/mol. The maximum atomic E-state index is 13.0. The van der Waals surface area contributed by atoms with Crippen molar-refractivity contribution in [2.24, 2.45) is 11.8 Å². The number of nitrogens with zero attached hydrogens (tertiary/aromatic N) is 1. The molecule has 0 aromatic heterocycles. The summed E-state index contributed by atoms with van der Waals surface area (Å²) in [6.45, 7) is 1.63. The van der Waals surface area contributed by atoms with Crippen molar-refractivity contribution < 1.29 is 19.1 Å². The largest absolute Gasteiger partial charge is 0.455 e. The minimum atomic E-state index is -1.09. The number of ketones is 1. The zero-order valence-electron chi connectivity index (χ0n) is 15.2. The average molecular weight is 378 g/mol. The van der Waals surface area contributed by atoms with Crippen molar-refractivity contribution in [1.82, 2.24) is 4.90 Å². The van der Waals surface area contributed by atoms with Gasteiger partial charge < -0.3 is 9.64 Å². The van der Waals surface area contributed by atoms with Crippen LogP contribution in [0, 0.1) is 11.8 Å². The van der Waals surface area contributed by atoms with Gasteiger partial charge in [-0.3, -0.25) is 14.4 Å². The van der Waals surface area contributed by atoms with Crippen LogP contribution < -0.4 is 0 Å². The van der Waals surface area contributed by atoms with Crippen LogP contribution in [0.1, 0.15) is 44.6 Å². The number of likely N-dealkylation sites (N-methyl/N-ethyl adjacent to an activating group) is 1. The van der Waals surface area contributed by atoms with E-state index >= 15 is 0 Å². The molecule has 0 heterocycles. The standard InChI is InChI=1S/C20H24ClNO4/c1-13-11-14(13)19(25)26-12-18(24)22(2)20(10-6-5-9-17(20)23)15-7-3-4-8-16(15)21/h3-4,7-8,13-14H,5-6,9-12H2,1-2H3/t13-,14-,20-/m1/s1. The van der Waals surface area contributed by atoms with E-state index in [1.165, 1.54) is 4.90 Å². The van der Waals surface area contributed by atoms with Crippen LogP contribution in [-0.4, -0.2) is 36.2 Å². The molecule has 3 rings (SSSR count). The minimum Gasteiger partial charge on any atom is -0.455 e. The van der Waals surface area contributed by atoms with Crippen LogP contribution >= 0.6 is 11.6 Å². The van der Waals surface area contributed by atoms with Crippen LogP contribution in [0.25, 0.3) is 0 Å². The molecular formula is C20H24ClNO4. The van der Waals surface area contributed by atoms with E-state index in [-0.39, 0.29) is 30.2 Å². The highest BCUT2D eigenvalue weighted by Gasteiger charge is 2.48. The summed E-state index contributed by atoms with van der Waals surface area (Å²) in [6.07, 6.45) is 3.37. The molecule has 0 saturated heterocycles. The van der Waals surface area contributed by atoms with E-state index in [1.807, 2.05) is 13.0 Å². The van der Waals surface area contributed by atoms with E-state index in [4.69, 9.17) is 16.3 Å². The summed E-state index contributed by atoms with van der Waals surface area (Å²) in [4.78, 5) is 39.1. The van der Waals surface area contributed by atoms with Gasteiger partial charge in [0.25, 0.3) is 5.91 Å². The Balaban J connectivity index is 1.82. The van der Waals surface area contributed by atoms with Crippen LogP contribution in [0.5, 0.6) is 0 Å². The molecule has 2 aliphatic rings. The lowest BCUT2D eigenvalue weighted by Crippen LogP contribution is -2.55. The van der Waals surface area contributed by atoms with Crippen molar-refractivity contribution in [3.63, 3.8) is 0 Å². The van der Waals surface area contributed by atoms with Crippen molar-refractivity contribution in [3.8, 4) is 0 Å². The SMILES string of the molecule is C[C@@H]1C[C@H]1C(=O)OCC(=O)N(C)[C@@]1(c2ccccc2Cl)CCCCC1=O. The third-order valence-electron chi connectivity index (χ3n) is 5.67. The van der Waals surface area contributed by atoms with Crippen molar-refractivity contribution in [2.75, 3.05) is 13.7 Å². The van der Waals surface area contributed by atoms with Crippen molar-refractivity contribution in [2.45, 2.75) is 44.6 Å². The summed E-state index contributed by atoms with van der Waals surface area (Å²) in [6, 6.07) is 7.14. The van der Waals surface area contributed by atoms with Gasteiger partial charge in [-0.1, -0.05) is 36.7 Å². The summed E-state index contributed by atoms with van der Waals surface area (Å²) in [5.41, 5.74) is -0.447. The Morgan fingerprint density at radius 2 is 2.00 bits per heavy atom. The number of halogens is 1. The first kappa shape index (κ1) is 18.9. The van der Waals surface area contributed by atoms with Crippen LogP contribution in [0.15, 0.2) is 24.3 Å². The van der Waals surface area contributed by atoms with Crippen LogP contribution in [0.4, 0.5) is 0 Å². The number of Topliss-reactive ketones (excluding diaryl/α,β-unsaturated/α-hetero) is 1. The Kier molecular flexibility index (Phi) is 5.37. The lowest BCUT2D eigenvalue weighted by Gasteiger charge is -2.43. The number of hydrogen-bond donors (Lipinski definition) is 0. The third kappa shape index (κ3) is 3.37. The van der Waals surface area contributed by atoms with E-state index in [2.05, 4.69) is 0 Å². The molecule has 3 atom stereocenters. The van der Waals surface area contributed by atoms with E-state index in [0.717, 1.165) is 19.3 Å². The minimum absolute atomic E-state index is 0.0187. The summed E-state index contributed by atoms with van der Waals surface area (Å²) in [5, 5.41) is 0.464. The van der Waals surface area contributed by atoms with Gasteiger partial charge in [0.15, 0.2) is 12.4 Å². The number of benzene rings is 1. The van der Waals surface area contributed by atoms with E-state index in [1.54, 1.807) is 25.2 Å².